The van der Waals surface area contributed by atoms with Crippen molar-refractivity contribution in [3.05, 3.63) is 47.8 Å². The summed E-state index contributed by atoms with van der Waals surface area (Å²) in [5.74, 6) is 0. The quantitative estimate of drug-likeness (QED) is 0.933. The number of rotatable bonds is 4. The van der Waals surface area contributed by atoms with Crippen LogP contribution in [0, 0.1) is 0 Å². The highest BCUT2D eigenvalue weighted by Crippen LogP contribution is 2.29. The van der Waals surface area contributed by atoms with Crippen LogP contribution in [0.25, 0.3) is 5.69 Å². The van der Waals surface area contributed by atoms with Crippen molar-refractivity contribution in [2.75, 3.05) is 0 Å². The first kappa shape index (κ1) is 13.2. The molecule has 3 nitrogen and oxygen atoms in total. The Bertz CT molecular complexity index is 600. The van der Waals surface area contributed by atoms with E-state index in [9.17, 15) is 13.2 Å². The van der Waals surface area contributed by atoms with Gasteiger partial charge in [0.05, 0.1) is 17.4 Å². The van der Waals surface area contributed by atoms with E-state index < -0.39 is 11.7 Å². The molecule has 0 atom stereocenters. The first-order chi connectivity index (χ1) is 9.54. The van der Waals surface area contributed by atoms with Gasteiger partial charge in [0, 0.05) is 18.8 Å². The van der Waals surface area contributed by atoms with Crippen molar-refractivity contribution in [3.63, 3.8) is 0 Å². The van der Waals surface area contributed by atoms with Crippen LogP contribution in [0.4, 0.5) is 13.2 Å². The Morgan fingerprint density at radius 3 is 2.65 bits per heavy atom. The van der Waals surface area contributed by atoms with Gasteiger partial charge in [0.2, 0.25) is 0 Å². The largest absolute Gasteiger partial charge is 0.419 e. The molecular formula is C14H14F3N3. The van der Waals surface area contributed by atoms with Gasteiger partial charge in [-0.25, -0.2) is 4.68 Å². The molecule has 3 rings (SSSR count). The fourth-order valence-corrected chi connectivity index (χ4v) is 2.03. The zero-order valence-corrected chi connectivity index (χ0v) is 10.7. The molecule has 2 aromatic rings. The van der Waals surface area contributed by atoms with Gasteiger partial charge in [-0.15, -0.1) is 0 Å². The standard InChI is InChI=1S/C14H14F3N3/c15-14(16,17)11-8-19-20(9-11)13-4-2-1-3-10(13)7-18-12-5-6-12/h1-4,8-9,12,18H,5-7H2. The highest BCUT2D eigenvalue weighted by atomic mass is 19.4. The smallest absolute Gasteiger partial charge is 0.310 e. The molecule has 1 fully saturated rings. The van der Waals surface area contributed by atoms with Gasteiger partial charge >= 0.3 is 6.18 Å². The fraction of sp³-hybridized carbons (Fsp3) is 0.357. The molecule has 0 saturated heterocycles. The monoisotopic (exact) mass is 281 g/mol. The Morgan fingerprint density at radius 1 is 1.25 bits per heavy atom. The minimum atomic E-state index is -4.36. The molecule has 0 spiro atoms. The van der Waals surface area contributed by atoms with Crippen molar-refractivity contribution in [1.29, 1.82) is 0 Å². The Morgan fingerprint density at radius 2 is 2.00 bits per heavy atom. The number of para-hydroxylation sites is 1. The molecule has 1 aliphatic carbocycles. The summed E-state index contributed by atoms with van der Waals surface area (Å²) in [7, 11) is 0. The summed E-state index contributed by atoms with van der Waals surface area (Å²) < 4.78 is 39.1. The number of hydrogen-bond donors (Lipinski definition) is 1. The van der Waals surface area contributed by atoms with E-state index >= 15 is 0 Å². The van der Waals surface area contributed by atoms with Crippen LogP contribution in [-0.2, 0) is 12.7 Å². The van der Waals surface area contributed by atoms with E-state index in [0.29, 0.717) is 18.3 Å². The van der Waals surface area contributed by atoms with Crippen LogP contribution in [0.1, 0.15) is 24.0 Å². The summed E-state index contributed by atoms with van der Waals surface area (Å²) >= 11 is 0. The number of alkyl halides is 3. The maximum Gasteiger partial charge on any atom is 0.419 e. The molecule has 1 aromatic carbocycles. The van der Waals surface area contributed by atoms with Crippen LogP contribution in [0.15, 0.2) is 36.7 Å². The Labute approximate surface area is 114 Å². The highest BCUT2D eigenvalue weighted by molar-refractivity contribution is 5.40. The summed E-state index contributed by atoms with van der Waals surface area (Å²) in [5.41, 5.74) is 0.884. The number of nitrogens with one attached hydrogen (secondary N) is 1. The molecule has 106 valence electrons. The molecule has 1 N–H and O–H groups in total. The molecule has 20 heavy (non-hydrogen) atoms. The topological polar surface area (TPSA) is 29.9 Å². The predicted octanol–water partition coefficient (Wildman–Crippen LogP) is 3.14. The second-order valence-corrected chi connectivity index (χ2v) is 4.96. The molecule has 1 aromatic heterocycles. The van der Waals surface area contributed by atoms with Gasteiger partial charge in [0.15, 0.2) is 0 Å². The van der Waals surface area contributed by atoms with Crippen LogP contribution in [-0.4, -0.2) is 15.8 Å². The lowest BCUT2D eigenvalue weighted by Crippen LogP contribution is -2.17. The summed E-state index contributed by atoms with van der Waals surface area (Å²) in [4.78, 5) is 0. The second-order valence-electron chi connectivity index (χ2n) is 4.96. The normalized spacial score (nSPS) is 15.6. The molecular weight excluding hydrogens is 267 g/mol. The Kier molecular flexibility index (Phi) is 3.25. The fourth-order valence-electron chi connectivity index (χ4n) is 2.03. The summed E-state index contributed by atoms with van der Waals surface area (Å²) in [6, 6.07) is 7.90. The van der Waals surface area contributed by atoms with Crippen molar-refractivity contribution in [2.24, 2.45) is 0 Å². The first-order valence-corrected chi connectivity index (χ1v) is 6.47. The number of aromatic nitrogens is 2. The average molecular weight is 281 g/mol. The summed E-state index contributed by atoms with van der Waals surface area (Å²) in [5, 5.41) is 7.18. The van der Waals surface area contributed by atoms with Gasteiger partial charge in [0.25, 0.3) is 0 Å². The maximum absolute atomic E-state index is 12.6. The van der Waals surface area contributed by atoms with E-state index in [2.05, 4.69) is 10.4 Å². The molecule has 0 aliphatic heterocycles. The van der Waals surface area contributed by atoms with Gasteiger partial charge in [-0.1, -0.05) is 18.2 Å². The van der Waals surface area contributed by atoms with Crippen LogP contribution < -0.4 is 5.32 Å². The molecule has 0 unspecified atom stereocenters. The van der Waals surface area contributed by atoms with Crippen molar-refractivity contribution < 1.29 is 13.2 Å². The number of benzene rings is 1. The molecule has 0 radical (unpaired) electrons. The van der Waals surface area contributed by atoms with Crippen molar-refractivity contribution in [2.45, 2.75) is 31.6 Å². The van der Waals surface area contributed by atoms with Gasteiger partial charge < -0.3 is 5.32 Å². The first-order valence-electron chi connectivity index (χ1n) is 6.47. The third-order valence-electron chi connectivity index (χ3n) is 3.31. The SMILES string of the molecule is FC(F)(F)c1cnn(-c2ccccc2CNC2CC2)c1. The zero-order valence-electron chi connectivity index (χ0n) is 10.7. The van der Waals surface area contributed by atoms with E-state index in [0.717, 1.165) is 18.0 Å². The molecule has 1 heterocycles. The lowest BCUT2D eigenvalue weighted by atomic mass is 10.1. The third-order valence-corrected chi connectivity index (χ3v) is 3.31. The number of nitrogens with zero attached hydrogens (tertiary/aromatic N) is 2. The van der Waals surface area contributed by atoms with Crippen LogP contribution in [0.2, 0.25) is 0 Å². The Balaban J connectivity index is 1.86. The van der Waals surface area contributed by atoms with Crippen molar-refractivity contribution in [3.8, 4) is 5.69 Å². The van der Waals surface area contributed by atoms with E-state index in [-0.39, 0.29) is 0 Å². The number of hydrogen-bond acceptors (Lipinski definition) is 2. The van der Waals surface area contributed by atoms with Crippen molar-refractivity contribution >= 4 is 0 Å². The highest BCUT2D eigenvalue weighted by Gasteiger charge is 2.32. The van der Waals surface area contributed by atoms with Gasteiger partial charge in [-0.05, 0) is 24.5 Å². The molecule has 0 bridgehead atoms. The van der Waals surface area contributed by atoms with Crippen LogP contribution in [0.3, 0.4) is 0 Å². The maximum atomic E-state index is 12.6. The van der Waals surface area contributed by atoms with E-state index in [1.807, 2.05) is 12.1 Å². The van der Waals surface area contributed by atoms with E-state index in [4.69, 9.17) is 0 Å². The van der Waals surface area contributed by atoms with E-state index in [1.165, 1.54) is 17.5 Å². The van der Waals surface area contributed by atoms with Crippen LogP contribution >= 0.6 is 0 Å². The number of halogens is 3. The minimum Gasteiger partial charge on any atom is -0.310 e. The van der Waals surface area contributed by atoms with Gasteiger partial charge in [-0.2, -0.15) is 18.3 Å². The molecule has 6 heteroatoms. The second kappa shape index (κ2) is 4.94. The average Bonchev–Trinajstić information content (AvgIpc) is 3.09. The third kappa shape index (κ3) is 2.85. The van der Waals surface area contributed by atoms with Crippen molar-refractivity contribution in [1.82, 2.24) is 15.1 Å². The van der Waals surface area contributed by atoms with Gasteiger partial charge in [-0.3, -0.25) is 0 Å². The van der Waals surface area contributed by atoms with E-state index in [1.54, 1.807) is 12.1 Å². The molecule has 1 aliphatic rings. The van der Waals surface area contributed by atoms with Crippen LogP contribution in [0.5, 0.6) is 0 Å². The predicted molar refractivity (Wildman–Crippen MR) is 68.4 cm³/mol. The minimum absolute atomic E-state index is 0.548. The molecule has 1 saturated carbocycles. The zero-order chi connectivity index (χ0) is 14.2. The lowest BCUT2D eigenvalue weighted by molar-refractivity contribution is -0.137. The van der Waals surface area contributed by atoms with Gasteiger partial charge in [0.1, 0.15) is 0 Å². The summed E-state index contributed by atoms with van der Waals surface area (Å²) in [6.07, 6.45) is -0.148. The summed E-state index contributed by atoms with van der Waals surface area (Å²) in [6.45, 7) is 0.641. The molecule has 0 amide bonds. The Hall–Kier alpha value is -1.82. The lowest BCUT2D eigenvalue weighted by Gasteiger charge is -2.10.